The number of nitrogens with zero attached hydrogens (tertiary/aromatic N) is 2. The molecule has 0 aromatic carbocycles. The van der Waals surface area contributed by atoms with Crippen LogP contribution in [-0.4, -0.2) is 23.0 Å². The predicted molar refractivity (Wildman–Crippen MR) is 78.3 cm³/mol. The molecular weight excluding hydrogens is 257 g/mol. The molecule has 1 fully saturated rings. The predicted octanol–water partition coefficient (Wildman–Crippen LogP) is 3.19. The van der Waals surface area contributed by atoms with Crippen LogP contribution in [0.2, 0.25) is 0 Å². The summed E-state index contributed by atoms with van der Waals surface area (Å²) in [7, 11) is 0. The molecule has 0 spiro atoms. The van der Waals surface area contributed by atoms with Crippen molar-refractivity contribution in [1.29, 1.82) is 0 Å². The van der Waals surface area contributed by atoms with E-state index >= 15 is 0 Å². The van der Waals surface area contributed by atoms with Crippen LogP contribution < -0.4 is 10.2 Å². The zero-order valence-electron chi connectivity index (χ0n) is 12.7. The Balaban J connectivity index is 2.32. The number of anilines is 2. The van der Waals surface area contributed by atoms with Gasteiger partial charge < -0.3 is 5.32 Å². The number of amides is 1. The maximum atomic E-state index is 13.8. The third-order valence-corrected chi connectivity index (χ3v) is 3.34. The molecule has 2 rings (SSSR count). The van der Waals surface area contributed by atoms with Gasteiger partial charge in [-0.05, 0) is 27.2 Å². The molecule has 5 heteroatoms. The molecule has 1 aliphatic heterocycles. The van der Waals surface area contributed by atoms with Crippen molar-refractivity contribution in [3.63, 3.8) is 0 Å². The van der Waals surface area contributed by atoms with Gasteiger partial charge in [0.25, 0.3) is 0 Å². The molecule has 0 saturated carbocycles. The number of carbonyl (C=O) groups is 1. The second kappa shape index (κ2) is 4.72. The molecule has 0 radical (unpaired) electrons. The quantitative estimate of drug-likeness (QED) is 0.904. The molecule has 110 valence electrons. The van der Waals surface area contributed by atoms with Crippen LogP contribution in [0.1, 0.15) is 41.0 Å². The molecule has 2 heterocycles. The zero-order valence-corrected chi connectivity index (χ0v) is 12.7. The summed E-state index contributed by atoms with van der Waals surface area (Å²) in [6.07, 6.45) is 0.756. The van der Waals surface area contributed by atoms with Gasteiger partial charge in [-0.2, -0.15) is 0 Å². The second-order valence-corrected chi connectivity index (χ2v) is 6.99. The Morgan fingerprint density at radius 1 is 1.35 bits per heavy atom. The summed E-state index contributed by atoms with van der Waals surface area (Å²) in [6.45, 7) is 10.3. The maximum absolute atomic E-state index is 13.8. The fourth-order valence-electron chi connectivity index (χ4n) is 2.25. The van der Waals surface area contributed by atoms with Gasteiger partial charge in [0, 0.05) is 29.6 Å². The number of carbonyl (C=O) groups excluding carboxylic acids is 1. The Kier molecular flexibility index (Phi) is 3.48. The molecule has 0 atom stereocenters. The van der Waals surface area contributed by atoms with Crippen molar-refractivity contribution in [2.45, 2.75) is 46.6 Å². The minimum Gasteiger partial charge on any atom is -0.365 e. The van der Waals surface area contributed by atoms with Crippen LogP contribution in [0, 0.1) is 11.2 Å². The SMILES string of the molecule is CC(C)(C)Nc1cc(F)cc(N2CCC(C)(C)C2=O)n1. The van der Waals surface area contributed by atoms with Crippen molar-refractivity contribution in [3.05, 3.63) is 17.9 Å². The van der Waals surface area contributed by atoms with Crippen molar-refractivity contribution < 1.29 is 9.18 Å². The largest absolute Gasteiger partial charge is 0.365 e. The van der Waals surface area contributed by atoms with Gasteiger partial charge in [-0.15, -0.1) is 0 Å². The fourth-order valence-corrected chi connectivity index (χ4v) is 2.25. The van der Waals surface area contributed by atoms with E-state index in [1.54, 1.807) is 4.90 Å². The summed E-state index contributed by atoms with van der Waals surface area (Å²) in [6, 6.07) is 2.66. The monoisotopic (exact) mass is 279 g/mol. The molecule has 20 heavy (non-hydrogen) atoms. The van der Waals surface area contributed by atoms with E-state index in [1.807, 2.05) is 34.6 Å². The van der Waals surface area contributed by atoms with Crippen molar-refractivity contribution in [1.82, 2.24) is 4.98 Å². The number of rotatable bonds is 2. The van der Waals surface area contributed by atoms with Gasteiger partial charge in [0.15, 0.2) is 0 Å². The van der Waals surface area contributed by atoms with Gasteiger partial charge in [-0.1, -0.05) is 13.8 Å². The highest BCUT2D eigenvalue weighted by molar-refractivity contribution is 5.98. The minimum absolute atomic E-state index is 0.00249. The number of hydrogen-bond donors (Lipinski definition) is 1. The van der Waals surface area contributed by atoms with Crippen LogP contribution in [0.25, 0.3) is 0 Å². The van der Waals surface area contributed by atoms with Crippen LogP contribution in [0.5, 0.6) is 0 Å². The van der Waals surface area contributed by atoms with E-state index in [1.165, 1.54) is 12.1 Å². The summed E-state index contributed by atoms with van der Waals surface area (Å²) in [5.41, 5.74) is -0.613. The smallest absolute Gasteiger partial charge is 0.233 e. The molecular formula is C15H22FN3O. The third kappa shape index (κ3) is 3.08. The summed E-state index contributed by atoms with van der Waals surface area (Å²) < 4.78 is 13.8. The lowest BCUT2D eigenvalue weighted by Gasteiger charge is -2.23. The Morgan fingerprint density at radius 2 is 2.00 bits per heavy atom. The fraction of sp³-hybridized carbons (Fsp3) is 0.600. The van der Waals surface area contributed by atoms with Crippen LogP contribution in [-0.2, 0) is 4.79 Å². The summed E-state index contributed by atoms with van der Waals surface area (Å²) in [5, 5.41) is 3.13. The first kappa shape index (κ1) is 14.8. The van der Waals surface area contributed by atoms with Crippen molar-refractivity contribution >= 4 is 17.5 Å². The van der Waals surface area contributed by atoms with E-state index < -0.39 is 5.41 Å². The highest BCUT2D eigenvalue weighted by Crippen LogP contribution is 2.34. The topological polar surface area (TPSA) is 45.2 Å². The van der Waals surface area contributed by atoms with E-state index in [2.05, 4.69) is 10.3 Å². The highest BCUT2D eigenvalue weighted by atomic mass is 19.1. The van der Waals surface area contributed by atoms with Crippen molar-refractivity contribution in [3.8, 4) is 0 Å². The molecule has 4 nitrogen and oxygen atoms in total. The lowest BCUT2D eigenvalue weighted by molar-refractivity contribution is -0.124. The number of nitrogens with one attached hydrogen (secondary N) is 1. The number of halogens is 1. The first-order valence-electron chi connectivity index (χ1n) is 6.86. The first-order valence-corrected chi connectivity index (χ1v) is 6.86. The molecule has 1 aliphatic rings. The molecule has 1 saturated heterocycles. The van der Waals surface area contributed by atoms with Gasteiger partial charge in [0.05, 0.1) is 0 Å². The van der Waals surface area contributed by atoms with Crippen LogP contribution in [0.15, 0.2) is 12.1 Å². The summed E-state index contributed by atoms with van der Waals surface area (Å²) in [5.74, 6) is 0.439. The lowest BCUT2D eigenvalue weighted by atomic mass is 9.92. The molecule has 0 bridgehead atoms. The standard InChI is InChI=1S/C15H22FN3O/c1-14(2,3)18-11-8-10(16)9-12(17-11)19-7-6-15(4,5)13(19)20/h8-9H,6-7H2,1-5H3,(H,17,18). The minimum atomic E-state index is -0.397. The van der Waals surface area contributed by atoms with E-state index in [0.29, 0.717) is 18.2 Å². The number of pyridine rings is 1. The zero-order chi connectivity index (χ0) is 15.1. The Hall–Kier alpha value is -1.65. The normalized spacial score (nSPS) is 18.5. The van der Waals surface area contributed by atoms with Crippen LogP contribution in [0.3, 0.4) is 0 Å². The molecule has 1 aromatic heterocycles. The van der Waals surface area contributed by atoms with E-state index in [0.717, 1.165) is 6.42 Å². The Bertz CT molecular complexity index is 534. The van der Waals surface area contributed by atoms with E-state index in [-0.39, 0.29) is 17.3 Å². The molecule has 1 N–H and O–H groups in total. The Labute approximate surface area is 119 Å². The highest BCUT2D eigenvalue weighted by Gasteiger charge is 2.40. The van der Waals surface area contributed by atoms with Gasteiger partial charge in [0.1, 0.15) is 17.5 Å². The molecule has 1 aromatic rings. The van der Waals surface area contributed by atoms with Gasteiger partial charge in [-0.3, -0.25) is 9.69 Å². The first-order chi connectivity index (χ1) is 9.08. The summed E-state index contributed by atoms with van der Waals surface area (Å²) in [4.78, 5) is 18.2. The average Bonchev–Trinajstić information content (AvgIpc) is 2.50. The third-order valence-electron chi connectivity index (χ3n) is 3.34. The second-order valence-electron chi connectivity index (χ2n) is 6.99. The average molecular weight is 279 g/mol. The van der Waals surface area contributed by atoms with Crippen molar-refractivity contribution in [2.24, 2.45) is 5.41 Å². The van der Waals surface area contributed by atoms with Gasteiger partial charge in [0.2, 0.25) is 5.91 Å². The number of aromatic nitrogens is 1. The molecule has 0 aliphatic carbocycles. The van der Waals surface area contributed by atoms with Gasteiger partial charge in [-0.25, -0.2) is 9.37 Å². The summed E-state index contributed by atoms with van der Waals surface area (Å²) >= 11 is 0. The maximum Gasteiger partial charge on any atom is 0.233 e. The van der Waals surface area contributed by atoms with Crippen LogP contribution in [0.4, 0.5) is 16.0 Å². The van der Waals surface area contributed by atoms with Crippen LogP contribution >= 0.6 is 0 Å². The number of hydrogen-bond acceptors (Lipinski definition) is 3. The van der Waals surface area contributed by atoms with E-state index in [9.17, 15) is 9.18 Å². The van der Waals surface area contributed by atoms with Crippen molar-refractivity contribution in [2.75, 3.05) is 16.8 Å². The molecule has 0 unspecified atom stereocenters. The van der Waals surface area contributed by atoms with E-state index in [4.69, 9.17) is 0 Å². The molecule has 1 amide bonds. The Morgan fingerprint density at radius 3 is 2.50 bits per heavy atom. The van der Waals surface area contributed by atoms with Gasteiger partial charge >= 0.3 is 0 Å². The lowest BCUT2D eigenvalue weighted by Crippen LogP contribution is -2.32.